The average molecular weight is 284 g/mol. The lowest BCUT2D eigenvalue weighted by Crippen LogP contribution is -2.32. The molecule has 18 heavy (non-hydrogen) atoms. The van der Waals surface area contributed by atoms with Gasteiger partial charge in [0, 0.05) is 16.2 Å². The van der Waals surface area contributed by atoms with Gasteiger partial charge in [0.15, 0.2) is 0 Å². The topological polar surface area (TPSA) is 12.0 Å². The molecule has 0 bridgehead atoms. The van der Waals surface area contributed by atoms with Crippen molar-refractivity contribution in [3.05, 3.63) is 30.3 Å². The number of hydrogen-bond donors (Lipinski definition) is 1. The second-order valence-corrected chi connectivity index (χ2v) is 7.69. The largest absolute Gasteiger partial charge is 0.315 e. The highest BCUT2D eigenvalue weighted by Gasteiger charge is 2.14. The first-order valence-corrected chi connectivity index (χ1v) is 8.79. The van der Waals surface area contributed by atoms with Gasteiger partial charge in [-0.2, -0.15) is 11.8 Å². The molecule has 0 heterocycles. The Balaban J connectivity index is 1.96. The van der Waals surface area contributed by atoms with E-state index >= 15 is 0 Å². The summed E-state index contributed by atoms with van der Waals surface area (Å²) in [5, 5.41) is 3.55. The van der Waals surface area contributed by atoms with Crippen molar-refractivity contribution in [1.82, 2.24) is 5.32 Å². The maximum atomic E-state index is 3.55. The maximum Gasteiger partial charge on any atom is 0.0225 e. The Hall–Kier alpha value is -0.120. The molecule has 1 aromatic carbocycles. The lowest BCUT2D eigenvalue weighted by Gasteiger charge is -2.22. The van der Waals surface area contributed by atoms with Crippen LogP contribution >= 0.6 is 23.5 Å². The van der Waals surface area contributed by atoms with Crippen LogP contribution in [-0.2, 0) is 0 Å². The van der Waals surface area contributed by atoms with Gasteiger partial charge in [0.1, 0.15) is 0 Å². The molecule has 0 fully saturated rings. The van der Waals surface area contributed by atoms with Crippen LogP contribution in [-0.4, -0.2) is 29.8 Å². The van der Waals surface area contributed by atoms with E-state index in [1.807, 2.05) is 23.5 Å². The molecule has 0 saturated heterocycles. The van der Waals surface area contributed by atoms with E-state index in [9.17, 15) is 0 Å². The van der Waals surface area contributed by atoms with Crippen LogP contribution in [0.3, 0.4) is 0 Å². The minimum absolute atomic E-state index is 0.360. The molecule has 0 atom stereocenters. The van der Waals surface area contributed by atoms with Crippen LogP contribution in [0.4, 0.5) is 0 Å². The van der Waals surface area contributed by atoms with Gasteiger partial charge in [0.2, 0.25) is 0 Å². The number of nitrogens with one attached hydrogen (secondary N) is 1. The zero-order valence-electron chi connectivity index (χ0n) is 11.7. The van der Waals surface area contributed by atoms with Crippen molar-refractivity contribution in [1.29, 1.82) is 0 Å². The van der Waals surface area contributed by atoms with Crippen molar-refractivity contribution < 1.29 is 0 Å². The Morgan fingerprint density at radius 1 is 1.11 bits per heavy atom. The number of thioether (sulfide) groups is 2. The number of benzene rings is 1. The molecule has 0 aromatic heterocycles. The first-order valence-electron chi connectivity index (χ1n) is 6.58. The van der Waals surface area contributed by atoms with Crippen LogP contribution in [0.15, 0.2) is 35.2 Å². The highest BCUT2D eigenvalue weighted by atomic mass is 32.2. The fourth-order valence-electron chi connectivity index (χ4n) is 1.52. The van der Waals surface area contributed by atoms with Crippen LogP contribution in [0.1, 0.15) is 26.7 Å². The molecule has 0 amide bonds. The van der Waals surface area contributed by atoms with Gasteiger partial charge in [0.05, 0.1) is 0 Å². The zero-order chi connectivity index (χ0) is 13.3. The highest BCUT2D eigenvalue weighted by molar-refractivity contribution is 8.00. The number of rotatable bonds is 9. The second kappa shape index (κ2) is 8.89. The highest BCUT2D eigenvalue weighted by Crippen LogP contribution is 2.20. The van der Waals surface area contributed by atoms with Gasteiger partial charge in [-0.05, 0) is 57.4 Å². The normalized spacial score (nSPS) is 11.7. The molecule has 0 radical (unpaired) electrons. The molecular formula is C15H25NS2. The van der Waals surface area contributed by atoms with E-state index in [0.717, 1.165) is 13.1 Å². The summed E-state index contributed by atoms with van der Waals surface area (Å²) in [6.07, 6.45) is 4.73. The van der Waals surface area contributed by atoms with Crippen LogP contribution < -0.4 is 5.32 Å². The van der Waals surface area contributed by atoms with Crippen LogP contribution in [0, 0.1) is 0 Å². The molecule has 0 aliphatic carbocycles. The molecule has 1 rings (SSSR count). The Morgan fingerprint density at radius 3 is 2.50 bits per heavy atom. The summed E-state index contributed by atoms with van der Waals surface area (Å²) < 4.78 is 0.360. The van der Waals surface area contributed by atoms with Crippen molar-refractivity contribution in [3.8, 4) is 0 Å². The van der Waals surface area contributed by atoms with Crippen LogP contribution in [0.2, 0.25) is 0 Å². The second-order valence-electron chi connectivity index (χ2n) is 5.01. The SMILES string of the molecule is CSC(C)(C)CNCCCCSc1ccccc1. The molecule has 1 aromatic rings. The summed E-state index contributed by atoms with van der Waals surface area (Å²) in [5.41, 5.74) is 0. The zero-order valence-corrected chi connectivity index (χ0v) is 13.4. The van der Waals surface area contributed by atoms with Gasteiger partial charge in [-0.1, -0.05) is 18.2 Å². The molecule has 0 aliphatic heterocycles. The van der Waals surface area contributed by atoms with Gasteiger partial charge in [-0.3, -0.25) is 0 Å². The van der Waals surface area contributed by atoms with Gasteiger partial charge < -0.3 is 5.32 Å². The first-order chi connectivity index (χ1) is 8.64. The first kappa shape index (κ1) is 15.9. The summed E-state index contributed by atoms with van der Waals surface area (Å²) in [7, 11) is 0. The van der Waals surface area contributed by atoms with Gasteiger partial charge in [-0.25, -0.2) is 0 Å². The fraction of sp³-hybridized carbons (Fsp3) is 0.600. The molecular weight excluding hydrogens is 258 g/mol. The van der Waals surface area contributed by atoms with Gasteiger partial charge in [0.25, 0.3) is 0 Å². The minimum Gasteiger partial charge on any atom is -0.315 e. The maximum absolute atomic E-state index is 3.55. The lowest BCUT2D eigenvalue weighted by atomic mass is 10.2. The number of unbranched alkanes of at least 4 members (excludes halogenated alkanes) is 1. The lowest BCUT2D eigenvalue weighted by molar-refractivity contribution is 0.574. The van der Waals surface area contributed by atoms with Crippen molar-refractivity contribution in [2.45, 2.75) is 36.3 Å². The predicted molar refractivity (Wildman–Crippen MR) is 86.9 cm³/mol. The van der Waals surface area contributed by atoms with E-state index in [2.05, 4.69) is 55.8 Å². The third-order valence-electron chi connectivity index (χ3n) is 2.86. The van der Waals surface area contributed by atoms with E-state index < -0.39 is 0 Å². The molecule has 0 unspecified atom stereocenters. The van der Waals surface area contributed by atoms with Gasteiger partial charge >= 0.3 is 0 Å². The van der Waals surface area contributed by atoms with Crippen molar-refractivity contribution in [2.24, 2.45) is 0 Å². The summed E-state index contributed by atoms with van der Waals surface area (Å²) in [4.78, 5) is 1.38. The van der Waals surface area contributed by atoms with Crippen molar-refractivity contribution in [2.75, 3.05) is 25.1 Å². The molecule has 3 heteroatoms. The van der Waals surface area contributed by atoms with E-state index in [1.165, 1.54) is 23.5 Å². The Labute approximate surface area is 121 Å². The van der Waals surface area contributed by atoms with Gasteiger partial charge in [-0.15, -0.1) is 11.8 Å². The minimum atomic E-state index is 0.360. The quantitative estimate of drug-likeness (QED) is 0.536. The van der Waals surface area contributed by atoms with E-state index in [1.54, 1.807) is 0 Å². The van der Waals surface area contributed by atoms with E-state index in [4.69, 9.17) is 0 Å². The molecule has 1 N–H and O–H groups in total. The van der Waals surface area contributed by atoms with E-state index in [0.29, 0.717) is 4.75 Å². The third kappa shape index (κ3) is 7.34. The molecule has 1 nitrogen and oxygen atoms in total. The standard InChI is InChI=1S/C15H25NS2/c1-15(2,17-3)13-16-11-7-8-12-18-14-9-5-4-6-10-14/h4-6,9-10,16H,7-8,11-13H2,1-3H3. The van der Waals surface area contributed by atoms with E-state index in [-0.39, 0.29) is 0 Å². The summed E-state index contributed by atoms with van der Waals surface area (Å²) >= 11 is 3.88. The molecule has 0 saturated carbocycles. The Morgan fingerprint density at radius 2 is 1.83 bits per heavy atom. The van der Waals surface area contributed by atoms with Crippen molar-refractivity contribution >= 4 is 23.5 Å². The van der Waals surface area contributed by atoms with Crippen molar-refractivity contribution in [3.63, 3.8) is 0 Å². The molecule has 0 spiro atoms. The fourth-order valence-corrected chi connectivity index (χ4v) is 2.70. The predicted octanol–water partition coefficient (Wildman–Crippen LogP) is 4.29. The molecule has 0 aliphatic rings. The summed E-state index contributed by atoms with van der Waals surface area (Å²) in [5.74, 6) is 1.22. The third-order valence-corrected chi connectivity index (χ3v) is 5.21. The smallest absolute Gasteiger partial charge is 0.0225 e. The Kier molecular flexibility index (Phi) is 7.87. The van der Waals surface area contributed by atoms with Crippen LogP contribution in [0.25, 0.3) is 0 Å². The summed E-state index contributed by atoms with van der Waals surface area (Å²) in [6.45, 7) is 6.81. The monoisotopic (exact) mass is 283 g/mol. The summed E-state index contributed by atoms with van der Waals surface area (Å²) in [6, 6.07) is 10.7. The average Bonchev–Trinajstić information content (AvgIpc) is 2.39. The molecule has 102 valence electrons. The van der Waals surface area contributed by atoms with Crippen LogP contribution in [0.5, 0.6) is 0 Å². The number of hydrogen-bond acceptors (Lipinski definition) is 3. The Bertz CT molecular complexity index is 312.